The summed E-state index contributed by atoms with van der Waals surface area (Å²) >= 11 is 7.38. The molecule has 0 aliphatic carbocycles. The summed E-state index contributed by atoms with van der Waals surface area (Å²) in [5.74, 6) is 0. The molecular weight excluding hydrogens is 220 g/mol. The molecule has 1 aromatic rings. The maximum atomic E-state index is 5.80. The van der Waals surface area contributed by atoms with Crippen molar-refractivity contribution in [2.75, 3.05) is 20.3 Å². The van der Waals surface area contributed by atoms with E-state index in [0.717, 1.165) is 17.4 Å². The molecule has 5 heteroatoms. The zero-order valence-electron chi connectivity index (χ0n) is 8.13. The zero-order valence-corrected chi connectivity index (χ0v) is 9.70. The maximum absolute atomic E-state index is 5.80. The van der Waals surface area contributed by atoms with Crippen molar-refractivity contribution in [3.8, 4) is 0 Å². The van der Waals surface area contributed by atoms with Crippen molar-refractivity contribution < 1.29 is 4.74 Å². The highest BCUT2D eigenvalue weighted by Crippen LogP contribution is 2.20. The van der Waals surface area contributed by atoms with E-state index in [1.165, 1.54) is 4.88 Å². The van der Waals surface area contributed by atoms with E-state index in [2.05, 4.69) is 5.32 Å². The zero-order chi connectivity index (χ0) is 10.4. The summed E-state index contributed by atoms with van der Waals surface area (Å²) in [5, 5.41) is 3.25. The fraction of sp³-hybridized carbons (Fsp3) is 0.556. The first-order valence-corrected chi connectivity index (χ1v) is 5.61. The number of hydrogen-bond donors (Lipinski definition) is 2. The number of halogens is 1. The van der Waals surface area contributed by atoms with Crippen LogP contribution in [0.4, 0.5) is 0 Å². The first-order valence-electron chi connectivity index (χ1n) is 4.42. The van der Waals surface area contributed by atoms with Crippen LogP contribution in [0.1, 0.15) is 4.88 Å². The molecule has 1 heterocycles. The fourth-order valence-electron chi connectivity index (χ4n) is 1.10. The second kappa shape index (κ2) is 6.37. The third-order valence-electron chi connectivity index (χ3n) is 1.72. The summed E-state index contributed by atoms with van der Waals surface area (Å²) in [4.78, 5) is 1.22. The Bertz CT molecular complexity index is 267. The van der Waals surface area contributed by atoms with Crippen LogP contribution in [0.2, 0.25) is 4.34 Å². The van der Waals surface area contributed by atoms with E-state index in [-0.39, 0.29) is 6.04 Å². The second-order valence-corrected chi connectivity index (χ2v) is 4.85. The third-order valence-corrected chi connectivity index (χ3v) is 2.95. The fourth-order valence-corrected chi connectivity index (χ4v) is 2.16. The molecular formula is C9H15ClN2OS. The molecule has 1 rings (SSSR count). The van der Waals surface area contributed by atoms with Gasteiger partial charge in [0, 0.05) is 31.1 Å². The minimum Gasteiger partial charge on any atom is -0.383 e. The predicted molar refractivity (Wildman–Crippen MR) is 60.9 cm³/mol. The summed E-state index contributed by atoms with van der Waals surface area (Å²) in [6.07, 6.45) is 0. The van der Waals surface area contributed by atoms with Gasteiger partial charge in [0.25, 0.3) is 0 Å². The minimum absolute atomic E-state index is 0.0513. The number of hydrogen-bond acceptors (Lipinski definition) is 4. The smallest absolute Gasteiger partial charge is 0.0931 e. The number of rotatable bonds is 6. The summed E-state index contributed by atoms with van der Waals surface area (Å²) < 4.78 is 5.75. The predicted octanol–water partition coefficient (Wildman–Crippen LogP) is 1.46. The number of ether oxygens (including phenoxy) is 1. The lowest BCUT2D eigenvalue weighted by Crippen LogP contribution is -2.36. The lowest BCUT2D eigenvalue weighted by molar-refractivity contribution is 0.179. The van der Waals surface area contributed by atoms with Crippen molar-refractivity contribution in [2.24, 2.45) is 5.73 Å². The quantitative estimate of drug-likeness (QED) is 0.784. The van der Waals surface area contributed by atoms with Gasteiger partial charge in [-0.1, -0.05) is 11.6 Å². The van der Waals surface area contributed by atoms with Gasteiger partial charge in [0.1, 0.15) is 0 Å². The van der Waals surface area contributed by atoms with E-state index >= 15 is 0 Å². The van der Waals surface area contributed by atoms with Crippen molar-refractivity contribution in [3.05, 3.63) is 21.3 Å². The number of nitrogens with two attached hydrogens (primary N) is 1. The molecule has 0 saturated carbocycles. The summed E-state index contributed by atoms with van der Waals surface area (Å²) in [5.41, 5.74) is 5.74. The molecule has 0 amide bonds. The molecule has 80 valence electrons. The van der Waals surface area contributed by atoms with Gasteiger partial charge in [0.2, 0.25) is 0 Å². The highest BCUT2D eigenvalue weighted by Gasteiger charge is 2.01. The van der Waals surface area contributed by atoms with Gasteiger partial charge in [-0.15, -0.1) is 11.3 Å². The van der Waals surface area contributed by atoms with Gasteiger partial charge >= 0.3 is 0 Å². The van der Waals surface area contributed by atoms with E-state index in [1.807, 2.05) is 12.1 Å². The summed E-state index contributed by atoms with van der Waals surface area (Å²) in [6.45, 7) is 2.15. The van der Waals surface area contributed by atoms with Gasteiger partial charge in [-0.25, -0.2) is 0 Å². The molecule has 0 saturated heterocycles. The Morgan fingerprint density at radius 1 is 1.64 bits per heavy atom. The standard InChI is InChI=1S/C9H15ClN2OS/c1-13-6-7(11)4-12-5-8-2-3-9(10)14-8/h2-3,7,12H,4-6,11H2,1H3. The third kappa shape index (κ3) is 4.39. The van der Waals surface area contributed by atoms with Crippen molar-refractivity contribution in [3.63, 3.8) is 0 Å². The molecule has 0 spiro atoms. The molecule has 14 heavy (non-hydrogen) atoms. The van der Waals surface area contributed by atoms with Crippen LogP contribution >= 0.6 is 22.9 Å². The molecule has 3 nitrogen and oxygen atoms in total. The molecule has 0 aliphatic heterocycles. The van der Waals surface area contributed by atoms with Crippen LogP contribution in [0.15, 0.2) is 12.1 Å². The van der Waals surface area contributed by atoms with E-state index in [0.29, 0.717) is 6.61 Å². The first kappa shape index (κ1) is 11.9. The highest BCUT2D eigenvalue weighted by molar-refractivity contribution is 7.16. The lowest BCUT2D eigenvalue weighted by atomic mass is 10.3. The van der Waals surface area contributed by atoms with Crippen LogP contribution < -0.4 is 11.1 Å². The summed E-state index contributed by atoms with van der Waals surface area (Å²) in [6, 6.07) is 3.97. The van der Waals surface area contributed by atoms with E-state index < -0.39 is 0 Å². The van der Waals surface area contributed by atoms with Crippen LogP contribution in [-0.2, 0) is 11.3 Å². The molecule has 1 unspecified atom stereocenters. The first-order chi connectivity index (χ1) is 6.72. The topological polar surface area (TPSA) is 47.3 Å². The van der Waals surface area contributed by atoms with Gasteiger partial charge in [0.05, 0.1) is 10.9 Å². The number of thiophene rings is 1. The Balaban J connectivity index is 2.15. The van der Waals surface area contributed by atoms with Crippen molar-refractivity contribution >= 4 is 22.9 Å². The molecule has 3 N–H and O–H groups in total. The number of nitrogens with one attached hydrogen (secondary N) is 1. The van der Waals surface area contributed by atoms with Gasteiger partial charge in [-0.05, 0) is 12.1 Å². The number of methoxy groups -OCH3 is 1. The Kier molecular flexibility index (Phi) is 5.44. The van der Waals surface area contributed by atoms with Crippen molar-refractivity contribution in [1.82, 2.24) is 5.32 Å². The molecule has 0 radical (unpaired) electrons. The molecule has 0 aromatic carbocycles. The van der Waals surface area contributed by atoms with Gasteiger partial charge < -0.3 is 15.8 Å². The monoisotopic (exact) mass is 234 g/mol. The highest BCUT2D eigenvalue weighted by atomic mass is 35.5. The Labute approximate surface area is 93.2 Å². The van der Waals surface area contributed by atoms with Crippen molar-refractivity contribution in [1.29, 1.82) is 0 Å². The van der Waals surface area contributed by atoms with Gasteiger partial charge in [0.15, 0.2) is 0 Å². The molecule has 1 aromatic heterocycles. The van der Waals surface area contributed by atoms with Crippen LogP contribution in [0.25, 0.3) is 0 Å². The normalized spacial score (nSPS) is 13.1. The van der Waals surface area contributed by atoms with Gasteiger partial charge in [-0.3, -0.25) is 0 Å². The van der Waals surface area contributed by atoms with Crippen LogP contribution in [0.3, 0.4) is 0 Å². The SMILES string of the molecule is COCC(N)CNCc1ccc(Cl)s1. The molecule has 1 atom stereocenters. The van der Waals surface area contributed by atoms with E-state index in [1.54, 1.807) is 18.4 Å². The van der Waals surface area contributed by atoms with Crippen LogP contribution in [-0.4, -0.2) is 26.3 Å². The van der Waals surface area contributed by atoms with Crippen LogP contribution in [0, 0.1) is 0 Å². The van der Waals surface area contributed by atoms with E-state index in [9.17, 15) is 0 Å². The van der Waals surface area contributed by atoms with E-state index in [4.69, 9.17) is 22.1 Å². The van der Waals surface area contributed by atoms with Crippen molar-refractivity contribution in [2.45, 2.75) is 12.6 Å². The summed E-state index contributed by atoms with van der Waals surface area (Å²) in [7, 11) is 1.65. The second-order valence-electron chi connectivity index (χ2n) is 3.05. The van der Waals surface area contributed by atoms with Crippen LogP contribution in [0.5, 0.6) is 0 Å². The Morgan fingerprint density at radius 2 is 2.43 bits per heavy atom. The average Bonchev–Trinajstić information content (AvgIpc) is 2.52. The largest absolute Gasteiger partial charge is 0.383 e. The maximum Gasteiger partial charge on any atom is 0.0931 e. The average molecular weight is 235 g/mol. The molecule has 0 fully saturated rings. The van der Waals surface area contributed by atoms with Gasteiger partial charge in [-0.2, -0.15) is 0 Å². The lowest BCUT2D eigenvalue weighted by Gasteiger charge is -2.10. The molecule has 0 bridgehead atoms. The Hall–Kier alpha value is -0.130. The Morgan fingerprint density at radius 3 is 3.00 bits per heavy atom. The minimum atomic E-state index is 0.0513. The molecule has 0 aliphatic rings.